The first-order valence-electron chi connectivity index (χ1n) is 6.66. The monoisotopic (exact) mass is 319 g/mol. The van der Waals surface area contributed by atoms with Crippen molar-refractivity contribution in [1.82, 2.24) is 9.21 Å². The van der Waals surface area contributed by atoms with Crippen LogP contribution >= 0.6 is 0 Å². The SMILES string of the molecule is CC1CN(C)CCN1S(=O)(=O)c1ccc(F)c(CN)c1F. The number of nitrogens with two attached hydrogens (primary N) is 1. The van der Waals surface area contributed by atoms with Gasteiger partial charge in [-0.15, -0.1) is 0 Å². The molecular weight excluding hydrogens is 300 g/mol. The topological polar surface area (TPSA) is 66.6 Å². The molecule has 0 saturated carbocycles. The van der Waals surface area contributed by atoms with E-state index in [4.69, 9.17) is 5.73 Å². The van der Waals surface area contributed by atoms with Gasteiger partial charge in [0.25, 0.3) is 0 Å². The number of piperazine rings is 1. The van der Waals surface area contributed by atoms with Gasteiger partial charge in [-0.05, 0) is 26.1 Å². The average molecular weight is 319 g/mol. The molecule has 0 aliphatic carbocycles. The maximum atomic E-state index is 14.3. The van der Waals surface area contributed by atoms with Gasteiger partial charge < -0.3 is 10.6 Å². The van der Waals surface area contributed by atoms with E-state index in [2.05, 4.69) is 0 Å². The molecule has 0 radical (unpaired) electrons. The number of halogens is 2. The maximum Gasteiger partial charge on any atom is 0.246 e. The van der Waals surface area contributed by atoms with Crippen molar-refractivity contribution in [3.8, 4) is 0 Å². The molecule has 8 heteroatoms. The lowest BCUT2D eigenvalue weighted by Crippen LogP contribution is -2.52. The smallest absolute Gasteiger partial charge is 0.246 e. The molecule has 1 saturated heterocycles. The minimum Gasteiger partial charge on any atom is -0.326 e. The fraction of sp³-hybridized carbons (Fsp3) is 0.538. The summed E-state index contributed by atoms with van der Waals surface area (Å²) in [5, 5.41) is 0. The first-order chi connectivity index (χ1) is 9.78. The van der Waals surface area contributed by atoms with Crippen molar-refractivity contribution < 1.29 is 17.2 Å². The van der Waals surface area contributed by atoms with Crippen LogP contribution in [0.5, 0.6) is 0 Å². The highest BCUT2D eigenvalue weighted by Crippen LogP contribution is 2.26. The van der Waals surface area contributed by atoms with Crippen LogP contribution in [0.1, 0.15) is 12.5 Å². The van der Waals surface area contributed by atoms with Gasteiger partial charge in [-0.2, -0.15) is 4.31 Å². The van der Waals surface area contributed by atoms with Gasteiger partial charge in [0.1, 0.15) is 10.7 Å². The highest BCUT2D eigenvalue weighted by Gasteiger charge is 2.35. The third-order valence-electron chi connectivity index (χ3n) is 3.71. The Morgan fingerprint density at radius 3 is 2.57 bits per heavy atom. The standard InChI is InChI=1S/C13H19F2N3O2S/c1-9-8-17(2)5-6-18(9)21(19,20)12-4-3-11(14)10(7-16)13(12)15/h3-4,9H,5-8,16H2,1-2H3. The van der Waals surface area contributed by atoms with Gasteiger partial charge in [-0.3, -0.25) is 0 Å². The van der Waals surface area contributed by atoms with E-state index in [1.165, 1.54) is 4.31 Å². The van der Waals surface area contributed by atoms with Crippen LogP contribution in [0.25, 0.3) is 0 Å². The summed E-state index contributed by atoms with van der Waals surface area (Å²) in [7, 11) is -2.11. The molecular formula is C13H19F2N3O2S. The minimum absolute atomic E-state index is 0.273. The van der Waals surface area contributed by atoms with Gasteiger partial charge >= 0.3 is 0 Å². The molecule has 118 valence electrons. The summed E-state index contributed by atoms with van der Waals surface area (Å²) in [5.74, 6) is -1.93. The number of nitrogens with zero attached hydrogens (tertiary/aromatic N) is 2. The van der Waals surface area contributed by atoms with Gasteiger partial charge in [0.15, 0.2) is 5.82 Å². The number of hydrogen-bond donors (Lipinski definition) is 1. The summed E-state index contributed by atoms with van der Waals surface area (Å²) in [6.45, 7) is 2.77. The minimum atomic E-state index is -4.01. The highest BCUT2D eigenvalue weighted by atomic mass is 32.2. The fourth-order valence-corrected chi connectivity index (χ4v) is 4.27. The van der Waals surface area contributed by atoms with E-state index in [0.717, 1.165) is 12.1 Å². The molecule has 2 rings (SSSR count). The van der Waals surface area contributed by atoms with Crippen molar-refractivity contribution >= 4 is 10.0 Å². The van der Waals surface area contributed by atoms with Gasteiger partial charge in [0, 0.05) is 37.8 Å². The van der Waals surface area contributed by atoms with Crippen LogP contribution in [0.2, 0.25) is 0 Å². The Labute approximate surface area is 123 Å². The molecule has 1 aromatic rings. The molecule has 0 bridgehead atoms. The van der Waals surface area contributed by atoms with Crippen molar-refractivity contribution in [2.75, 3.05) is 26.7 Å². The quantitative estimate of drug-likeness (QED) is 0.893. The summed E-state index contributed by atoms with van der Waals surface area (Å²) >= 11 is 0. The lowest BCUT2D eigenvalue weighted by Gasteiger charge is -2.37. The number of rotatable bonds is 3. The van der Waals surface area contributed by atoms with Gasteiger partial charge in [-0.25, -0.2) is 17.2 Å². The Morgan fingerprint density at radius 1 is 1.33 bits per heavy atom. The van der Waals surface area contributed by atoms with E-state index < -0.39 is 32.1 Å². The third-order valence-corrected chi connectivity index (χ3v) is 5.74. The molecule has 5 nitrogen and oxygen atoms in total. The Hall–Kier alpha value is -1.09. The molecule has 1 atom stereocenters. The average Bonchev–Trinajstić information content (AvgIpc) is 2.38. The molecule has 0 aromatic heterocycles. The Bertz CT molecular complexity index is 637. The van der Waals surface area contributed by atoms with Crippen molar-refractivity contribution in [3.63, 3.8) is 0 Å². The summed E-state index contributed by atoms with van der Waals surface area (Å²) in [5.41, 5.74) is 4.89. The summed E-state index contributed by atoms with van der Waals surface area (Å²) in [6, 6.07) is 1.63. The highest BCUT2D eigenvalue weighted by molar-refractivity contribution is 7.89. The van der Waals surface area contributed by atoms with Crippen LogP contribution in [0.4, 0.5) is 8.78 Å². The zero-order valence-corrected chi connectivity index (χ0v) is 12.8. The summed E-state index contributed by atoms with van der Waals surface area (Å²) in [4.78, 5) is 1.49. The molecule has 0 amide bonds. The van der Waals surface area contributed by atoms with E-state index in [1.54, 1.807) is 6.92 Å². The summed E-state index contributed by atoms with van der Waals surface area (Å²) < 4.78 is 54.2. The number of benzene rings is 1. The fourth-order valence-electron chi connectivity index (χ4n) is 2.57. The second-order valence-corrected chi connectivity index (χ2v) is 7.13. The van der Waals surface area contributed by atoms with E-state index in [-0.39, 0.29) is 19.1 Å². The van der Waals surface area contributed by atoms with Crippen molar-refractivity contribution in [2.24, 2.45) is 5.73 Å². The molecule has 1 fully saturated rings. The Morgan fingerprint density at radius 2 is 2.00 bits per heavy atom. The third kappa shape index (κ3) is 2.94. The van der Waals surface area contributed by atoms with Crippen LogP contribution < -0.4 is 5.73 Å². The van der Waals surface area contributed by atoms with Crippen LogP contribution in [0.3, 0.4) is 0 Å². The molecule has 1 heterocycles. The van der Waals surface area contributed by atoms with Crippen LogP contribution in [-0.2, 0) is 16.6 Å². The molecule has 21 heavy (non-hydrogen) atoms. The Balaban J connectivity index is 2.45. The molecule has 1 aromatic carbocycles. The summed E-state index contributed by atoms with van der Waals surface area (Å²) in [6.07, 6.45) is 0. The normalized spacial score (nSPS) is 21.7. The van der Waals surface area contributed by atoms with Crippen LogP contribution in [0, 0.1) is 11.6 Å². The molecule has 2 N–H and O–H groups in total. The maximum absolute atomic E-state index is 14.3. The Kier molecular flexibility index (Phi) is 4.62. The second-order valence-electron chi connectivity index (χ2n) is 5.27. The number of hydrogen-bond acceptors (Lipinski definition) is 4. The van der Waals surface area contributed by atoms with Crippen LogP contribution in [-0.4, -0.2) is 50.3 Å². The van der Waals surface area contributed by atoms with Crippen molar-refractivity contribution in [3.05, 3.63) is 29.3 Å². The van der Waals surface area contributed by atoms with Crippen molar-refractivity contribution in [1.29, 1.82) is 0 Å². The molecule has 0 spiro atoms. The number of sulfonamides is 1. The van der Waals surface area contributed by atoms with Crippen LogP contribution in [0.15, 0.2) is 17.0 Å². The van der Waals surface area contributed by atoms with Gasteiger partial charge in [0.2, 0.25) is 10.0 Å². The van der Waals surface area contributed by atoms with Gasteiger partial charge in [-0.1, -0.05) is 0 Å². The predicted octanol–water partition coefficient (Wildman–Crippen LogP) is 0.748. The largest absolute Gasteiger partial charge is 0.326 e. The number of likely N-dealkylation sites (N-methyl/N-ethyl adjacent to an activating group) is 1. The lowest BCUT2D eigenvalue weighted by atomic mass is 10.2. The van der Waals surface area contributed by atoms with E-state index >= 15 is 0 Å². The van der Waals surface area contributed by atoms with Gasteiger partial charge in [0.05, 0.1) is 0 Å². The first-order valence-corrected chi connectivity index (χ1v) is 8.10. The van der Waals surface area contributed by atoms with E-state index in [9.17, 15) is 17.2 Å². The van der Waals surface area contributed by atoms with Crippen molar-refractivity contribution in [2.45, 2.75) is 24.4 Å². The second kappa shape index (κ2) is 5.96. The lowest BCUT2D eigenvalue weighted by molar-refractivity contribution is 0.170. The zero-order valence-electron chi connectivity index (χ0n) is 12.0. The molecule has 1 aliphatic heterocycles. The predicted molar refractivity (Wildman–Crippen MR) is 75.1 cm³/mol. The zero-order chi connectivity index (χ0) is 15.8. The van der Waals surface area contributed by atoms with E-state index in [1.807, 2.05) is 11.9 Å². The van der Waals surface area contributed by atoms with E-state index in [0.29, 0.717) is 13.1 Å². The first kappa shape index (κ1) is 16.3. The molecule has 1 aliphatic rings. The molecule has 1 unspecified atom stereocenters.